The second kappa shape index (κ2) is 7.74. The SMILES string of the molecule is Cl.FC(F)(F)c1ccccc1NCCN1CCCCC1. The molecule has 0 amide bonds. The third kappa shape index (κ3) is 4.87. The Hall–Kier alpha value is -0.940. The number of anilines is 1. The highest BCUT2D eigenvalue weighted by Crippen LogP contribution is 2.34. The standard InChI is InChI=1S/C14H19F3N2.ClH/c15-14(16,17)12-6-2-3-7-13(12)18-8-11-19-9-4-1-5-10-19;/h2-3,6-7,18H,1,4-5,8-11H2;1H. The minimum absolute atomic E-state index is 0. The number of benzene rings is 1. The van der Waals surface area contributed by atoms with Gasteiger partial charge in [0.2, 0.25) is 0 Å². The quantitative estimate of drug-likeness (QED) is 0.903. The molecular formula is C14H20ClF3N2. The van der Waals surface area contributed by atoms with Crippen LogP contribution in [0.5, 0.6) is 0 Å². The maximum atomic E-state index is 12.8. The molecule has 1 N–H and O–H groups in total. The number of nitrogens with zero attached hydrogens (tertiary/aromatic N) is 1. The Morgan fingerprint density at radius 3 is 2.35 bits per heavy atom. The summed E-state index contributed by atoms with van der Waals surface area (Å²) in [6.45, 7) is 3.46. The molecular weight excluding hydrogens is 289 g/mol. The van der Waals surface area contributed by atoms with Crippen molar-refractivity contribution < 1.29 is 13.2 Å². The van der Waals surface area contributed by atoms with Crippen LogP contribution in [0.3, 0.4) is 0 Å². The molecule has 0 radical (unpaired) electrons. The monoisotopic (exact) mass is 308 g/mol. The lowest BCUT2D eigenvalue weighted by Crippen LogP contribution is -2.33. The normalized spacial score (nSPS) is 16.6. The van der Waals surface area contributed by atoms with Crippen LogP contribution in [0, 0.1) is 0 Å². The molecule has 1 heterocycles. The van der Waals surface area contributed by atoms with Crippen LogP contribution in [0.25, 0.3) is 0 Å². The van der Waals surface area contributed by atoms with Gasteiger partial charge in [-0.3, -0.25) is 0 Å². The van der Waals surface area contributed by atoms with E-state index in [0.717, 1.165) is 25.7 Å². The fourth-order valence-corrected chi connectivity index (χ4v) is 2.42. The van der Waals surface area contributed by atoms with Crippen molar-refractivity contribution in [3.05, 3.63) is 29.8 Å². The van der Waals surface area contributed by atoms with E-state index in [9.17, 15) is 13.2 Å². The highest BCUT2D eigenvalue weighted by Gasteiger charge is 2.32. The van der Waals surface area contributed by atoms with E-state index in [0.29, 0.717) is 6.54 Å². The van der Waals surface area contributed by atoms with Crippen molar-refractivity contribution in [2.75, 3.05) is 31.5 Å². The van der Waals surface area contributed by atoms with Crippen molar-refractivity contribution in [1.29, 1.82) is 0 Å². The summed E-state index contributed by atoms with van der Waals surface area (Å²) < 4.78 is 38.3. The van der Waals surface area contributed by atoms with Crippen LogP contribution in [-0.4, -0.2) is 31.1 Å². The van der Waals surface area contributed by atoms with Crippen LogP contribution in [0.4, 0.5) is 18.9 Å². The summed E-state index contributed by atoms with van der Waals surface area (Å²) in [4.78, 5) is 2.30. The van der Waals surface area contributed by atoms with Gasteiger partial charge in [0, 0.05) is 18.8 Å². The van der Waals surface area contributed by atoms with Crippen molar-refractivity contribution in [2.45, 2.75) is 25.4 Å². The molecule has 1 saturated heterocycles. The largest absolute Gasteiger partial charge is 0.418 e. The van der Waals surface area contributed by atoms with E-state index in [1.165, 1.54) is 31.4 Å². The van der Waals surface area contributed by atoms with Crippen molar-refractivity contribution in [3.63, 3.8) is 0 Å². The van der Waals surface area contributed by atoms with E-state index >= 15 is 0 Å². The summed E-state index contributed by atoms with van der Waals surface area (Å²) in [6, 6.07) is 5.64. The molecule has 2 rings (SSSR count). The van der Waals surface area contributed by atoms with Gasteiger partial charge >= 0.3 is 6.18 Å². The van der Waals surface area contributed by atoms with Crippen LogP contribution in [0.2, 0.25) is 0 Å². The van der Waals surface area contributed by atoms with Gasteiger partial charge in [-0.1, -0.05) is 18.6 Å². The van der Waals surface area contributed by atoms with Crippen LogP contribution < -0.4 is 5.32 Å². The van der Waals surface area contributed by atoms with Crippen molar-refractivity contribution in [2.24, 2.45) is 0 Å². The van der Waals surface area contributed by atoms with Crippen molar-refractivity contribution in [3.8, 4) is 0 Å². The highest BCUT2D eigenvalue weighted by molar-refractivity contribution is 5.85. The van der Waals surface area contributed by atoms with E-state index in [1.807, 2.05) is 0 Å². The summed E-state index contributed by atoms with van der Waals surface area (Å²) >= 11 is 0. The first-order valence-corrected chi connectivity index (χ1v) is 6.70. The molecule has 1 aromatic rings. The third-order valence-electron chi connectivity index (χ3n) is 3.42. The average molecular weight is 309 g/mol. The third-order valence-corrected chi connectivity index (χ3v) is 3.42. The minimum Gasteiger partial charge on any atom is -0.383 e. The molecule has 1 aliphatic heterocycles. The van der Waals surface area contributed by atoms with Gasteiger partial charge in [-0.25, -0.2) is 0 Å². The Morgan fingerprint density at radius 1 is 1.05 bits per heavy atom. The first-order chi connectivity index (χ1) is 9.07. The topological polar surface area (TPSA) is 15.3 Å². The fourth-order valence-electron chi connectivity index (χ4n) is 2.42. The fraction of sp³-hybridized carbons (Fsp3) is 0.571. The Labute approximate surface area is 123 Å². The summed E-state index contributed by atoms with van der Waals surface area (Å²) in [5, 5.41) is 2.91. The van der Waals surface area contributed by atoms with Crippen LogP contribution in [0.15, 0.2) is 24.3 Å². The zero-order chi connectivity index (χ0) is 13.7. The highest BCUT2D eigenvalue weighted by atomic mass is 35.5. The van der Waals surface area contributed by atoms with Gasteiger partial charge in [0.15, 0.2) is 0 Å². The lowest BCUT2D eigenvalue weighted by Gasteiger charge is -2.26. The number of likely N-dealkylation sites (tertiary alicyclic amines) is 1. The number of alkyl halides is 3. The van der Waals surface area contributed by atoms with Crippen molar-refractivity contribution in [1.82, 2.24) is 4.90 Å². The minimum atomic E-state index is -4.30. The molecule has 6 heteroatoms. The number of nitrogens with one attached hydrogen (secondary N) is 1. The first-order valence-electron chi connectivity index (χ1n) is 6.70. The molecule has 1 aliphatic rings. The van der Waals surface area contributed by atoms with E-state index in [-0.39, 0.29) is 18.1 Å². The number of hydrogen-bond donors (Lipinski definition) is 1. The summed E-state index contributed by atoms with van der Waals surface area (Å²) in [7, 11) is 0. The Kier molecular flexibility index (Phi) is 6.62. The summed E-state index contributed by atoms with van der Waals surface area (Å²) in [5.41, 5.74) is -0.416. The van der Waals surface area contributed by atoms with E-state index in [1.54, 1.807) is 6.07 Å². The molecule has 2 nitrogen and oxygen atoms in total. The molecule has 20 heavy (non-hydrogen) atoms. The van der Waals surface area contributed by atoms with Crippen molar-refractivity contribution >= 4 is 18.1 Å². The van der Waals surface area contributed by atoms with Crippen LogP contribution in [-0.2, 0) is 6.18 Å². The van der Waals surface area contributed by atoms with Gasteiger partial charge in [0.25, 0.3) is 0 Å². The molecule has 0 atom stereocenters. The van der Waals surface area contributed by atoms with Gasteiger partial charge in [-0.2, -0.15) is 13.2 Å². The molecule has 0 aromatic heterocycles. The van der Waals surface area contributed by atoms with Gasteiger partial charge in [-0.05, 0) is 38.1 Å². The molecule has 0 saturated carbocycles. The molecule has 0 unspecified atom stereocenters. The maximum Gasteiger partial charge on any atom is 0.418 e. The van der Waals surface area contributed by atoms with Crippen LogP contribution >= 0.6 is 12.4 Å². The molecule has 0 spiro atoms. The Bertz CT molecular complexity index is 404. The Morgan fingerprint density at radius 2 is 1.70 bits per heavy atom. The smallest absolute Gasteiger partial charge is 0.383 e. The maximum absolute atomic E-state index is 12.8. The lowest BCUT2D eigenvalue weighted by molar-refractivity contribution is -0.136. The first kappa shape index (κ1) is 17.1. The predicted octanol–water partition coefficient (Wildman–Crippen LogP) is 4.03. The second-order valence-electron chi connectivity index (χ2n) is 4.87. The summed E-state index contributed by atoms with van der Waals surface area (Å²) in [6.07, 6.45) is -0.645. The van der Waals surface area contributed by atoms with Gasteiger partial charge in [0.1, 0.15) is 0 Å². The Balaban J connectivity index is 0.00000200. The van der Waals surface area contributed by atoms with Gasteiger partial charge in [-0.15, -0.1) is 12.4 Å². The molecule has 0 aliphatic carbocycles. The molecule has 114 valence electrons. The predicted molar refractivity (Wildman–Crippen MR) is 77.5 cm³/mol. The molecule has 1 fully saturated rings. The zero-order valence-corrected chi connectivity index (χ0v) is 12.1. The summed E-state index contributed by atoms with van der Waals surface area (Å²) in [5.74, 6) is 0. The van der Waals surface area contributed by atoms with Gasteiger partial charge in [0.05, 0.1) is 5.56 Å². The number of rotatable bonds is 4. The van der Waals surface area contributed by atoms with E-state index in [4.69, 9.17) is 0 Å². The van der Waals surface area contributed by atoms with Gasteiger partial charge < -0.3 is 10.2 Å². The van der Waals surface area contributed by atoms with E-state index < -0.39 is 11.7 Å². The number of halogens is 4. The van der Waals surface area contributed by atoms with Crippen LogP contribution in [0.1, 0.15) is 24.8 Å². The second-order valence-corrected chi connectivity index (χ2v) is 4.87. The number of piperidine rings is 1. The molecule has 1 aromatic carbocycles. The van der Waals surface area contributed by atoms with E-state index in [2.05, 4.69) is 10.2 Å². The number of para-hydroxylation sites is 1. The zero-order valence-electron chi connectivity index (χ0n) is 11.2. The molecule has 0 bridgehead atoms. The lowest BCUT2D eigenvalue weighted by atomic mass is 10.1. The number of hydrogen-bond acceptors (Lipinski definition) is 2. The average Bonchev–Trinajstić information content (AvgIpc) is 2.39.